The molecule has 1 aliphatic rings. The van der Waals surface area contributed by atoms with Crippen molar-refractivity contribution in [3.8, 4) is 0 Å². The molecule has 0 aromatic heterocycles. The number of nitrogens with two attached hydrogens (primary N) is 1. The van der Waals surface area contributed by atoms with Crippen molar-refractivity contribution in [2.75, 3.05) is 13.1 Å². The number of nitrogens with one attached hydrogen (secondary N) is 2. The van der Waals surface area contributed by atoms with Crippen molar-refractivity contribution >= 4 is 18.4 Å². The van der Waals surface area contributed by atoms with E-state index in [1.165, 1.54) is 0 Å². The standard InChI is InChI=1S/C4H10N4.ClH/c5-8-4-6-2-1-3-7-4;/h1-3,5H2,(H2,6,7,8);1H. The quantitative estimate of drug-likeness (QED) is 0.314. The zero-order valence-corrected chi connectivity index (χ0v) is 5.87. The first kappa shape index (κ1) is 8.36. The summed E-state index contributed by atoms with van der Waals surface area (Å²) in [6.07, 6.45) is 1.14. The highest BCUT2D eigenvalue weighted by Crippen LogP contribution is 1.79. The molecule has 5 heteroatoms. The van der Waals surface area contributed by atoms with Crippen molar-refractivity contribution in [1.29, 1.82) is 0 Å². The second-order valence-electron chi connectivity index (χ2n) is 1.68. The van der Waals surface area contributed by atoms with Gasteiger partial charge in [-0.25, -0.2) is 0 Å². The van der Waals surface area contributed by atoms with Crippen LogP contribution in [0.25, 0.3) is 0 Å². The van der Waals surface area contributed by atoms with Gasteiger partial charge in [-0.2, -0.15) is 0 Å². The predicted molar refractivity (Wildman–Crippen MR) is 39.5 cm³/mol. The lowest BCUT2D eigenvalue weighted by Crippen LogP contribution is -2.44. The summed E-state index contributed by atoms with van der Waals surface area (Å²) >= 11 is 0. The highest BCUT2D eigenvalue weighted by molar-refractivity contribution is 5.85. The van der Waals surface area contributed by atoms with Crippen LogP contribution in [0.3, 0.4) is 0 Å². The van der Waals surface area contributed by atoms with Crippen molar-refractivity contribution in [2.45, 2.75) is 6.42 Å². The maximum Gasteiger partial charge on any atom is 0.213 e. The molecular weight excluding hydrogens is 140 g/mol. The molecule has 0 bridgehead atoms. The Kier molecular flexibility index (Phi) is 3.96. The summed E-state index contributed by atoms with van der Waals surface area (Å²) in [7, 11) is 0. The lowest BCUT2D eigenvalue weighted by Gasteiger charge is -2.15. The van der Waals surface area contributed by atoms with Gasteiger partial charge in [0.1, 0.15) is 0 Å². The van der Waals surface area contributed by atoms with Gasteiger partial charge in [0.15, 0.2) is 0 Å². The Bertz CT molecular complexity index is 94.7. The SMILES string of the molecule is Cl.NN=C1NCCCN1. The average molecular weight is 151 g/mol. The molecule has 0 aromatic carbocycles. The molecule has 0 spiro atoms. The van der Waals surface area contributed by atoms with Crippen LogP contribution >= 0.6 is 12.4 Å². The number of halogens is 1. The lowest BCUT2D eigenvalue weighted by atomic mass is 10.4. The Balaban J connectivity index is 0.000000640. The van der Waals surface area contributed by atoms with Crippen molar-refractivity contribution in [3.05, 3.63) is 0 Å². The van der Waals surface area contributed by atoms with Gasteiger partial charge in [0.25, 0.3) is 0 Å². The summed E-state index contributed by atoms with van der Waals surface area (Å²) < 4.78 is 0. The summed E-state index contributed by atoms with van der Waals surface area (Å²) in [6, 6.07) is 0. The van der Waals surface area contributed by atoms with E-state index in [0.717, 1.165) is 19.5 Å². The van der Waals surface area contributed by atoms with Crippen LogP contribution in [0.5, 0.6) is 0 Å². The Morgan fingerprint density at radius 2 is 1.89 bits per heavy atom. The first-order valence-corrected chi connectivity index (χ1v) is 2.69. The van der Waals surface area contributed by atoms with Crippen molar-refractivity contribution in [2.24, 2.45) is 10.9 Å². The second-order valence-corrected chi connectivity index (χ2v) is 1.68. The molecular formula is C4H11ClN4. The minimum absolute atomic E-state index is 0. The number of nitrogens with zero attached hydrogens (tertiary/aromatic N) is 1. The Morgan fingerprint density at radius 3 is 2.22 bits per heavy atom. The Hall–Kier alpha value is -0.640. The van der Waals surface area contributed by atoms with E-state index in [1.807, 2.05) is 0 Å². The van der Waals surface area contributed by atoms with Gasteiger partial charge in [-0.3, -0.25) is 0 Å². The molecule has 0 atom stereocenters. The van der Waals surface area contributed by atoms with Gasteiger partial charge in [0.05, 0.1) is 0 Å². The van der Waals surface area contributed by atoms with Crippen LogP contribution in [-0.4, -0.2) is 19.0 Å². The summed E-state index contributed by atoms with van der Waals surface area (Å²) in [5.74, 6) is 5.67. The number of hydrogen-bond donors (Lipinski definition) is 3. The molecule has 4 N–H and O–H groups in total. The maximum atomic E-state index is 4.97. The minimum atomic E-state index is 0. The van der Waals surface area contributed by atoms with Crippen LogP contribution in [0, 0.1) is 0 Å². The highest BCUT2D eigenvalue weighted by Gasteiger charge is 2.00. The van der Waals surface area contributed by atoms with Gasteiger partial charge in [-0.1, -0.05) is 0 Å². The van der Waals surface area contributed by atoms with Crippen LogP contribution in [-0.2, 0) is 0 Å². The van der Waals surface area contributed by atoms with Crippen LogP contribution < -0.4 is 16.5 Å². The van der Waals surface area contributed by atoms with E-state index in [1.54, 1.807) is 0 Å². The van der Waals surface area contributed by atoms with Gasteiger partial charge < -0.3 is 16.5 Å². The zero-order valence-electron chi connectivity index (χ0n) is 5.05. The second kappa shape index (κ2) is 4.26. The molecule has 0 aliphatic carbocycles. The number of hydrogen-bond acceptors (Lipinski definition) is 2. The third kappa shape index (κ3) is 2.41. The Labute approximate surface area is 60.3 Å². The van der Waals surface area contributed by atoms with E-state index in [4.69, 9.17) is 5.84 Å². The van der Waals surface area contributed by atoms with Crippen LogP contribution in [0.15, 0.2) is 5.10 Å². The van der Waals surface area contributed by atoms with Crippen molar-refractivity contribution < 1.29 is 0 Å². The lowest BCUT2D eigenvalue weighted by molar-refractivity contribution is 0.664. The number of guanidine groups is 1. The molecule has 1 saturated heterocycles. The highest BCUT2D eigenvalue weighted by atomic mass is 35.5. The number of rotatable bonds is 0. The van der Waals surface area contributed by atoms with Crippen LogP contribution in [0.4, 0.5) is 0 Å². The molecule has 0 aromatic rings. The fraction of sp³-hybridized carbons (Fsp3) is 0.750. The van der Waals surface area contributed by atoms with E-state index in [9.17, 15) is 0 Å². The number of hydrazone groups is 1. The fourth-order valence-electron chi connectivity index (χ4n) is 0.656. The summed E-state index contributed by atoms with van der Waals surface area (Å²) in [5.41, 5.74) is 0. The molecule has 1 aliphatic heterocycles. The van der Waals surface area contributed by atoms with Gasteiger partial charge in [0.2, 0.25) is 5.96 Å². The van der Waals surface area contributed by atoms with Crippen LogP contribution in [0.2, 0.25) is 0 Å². The maximum absolute atomic E-state index is 4.97. The fourth-order valence-corrected chi connectivity index (χ4v) is 0.656. The zero-order chi connectivity index (χ0) is 5.82. The summed E-state index contributed by atoms with van der Waals surface area (Å²) in [4.78, 5) is 0. The smallest absolute Gasteiger partial charge is 0.213 e. The molecule has 0 amide bonds. The van der Waals surface area contributed by atoms with E-state index in [0.29, 0.717) is 5.96 Å². The normalized spacial score (nSPS) is 16.7. The molecule has 1 rings (SSSR count). The molecule has 0 unspecified atom stereocenters. The van der Waals surface area contributed by atoms with E-state index < -0.39 is 0 Å². The molecule has 0 saturated carbocycles. The van der Waals surface area contributed by atoms with Gasteiger partial charge in [0, 0.05) is 13.1 Å². The predicted octanol–water partition coefficient (Wildman–Crippen LogP) is -0.779. The molecule has 54 valence electrons. The largest absolute Gasteiger partial charge is 0.355 e. The van der Waals surface area contributed by atoms with E-state index >= 15 is 0 Å². The third-order valence-electron chi connectivity index (χ3n) is 1.07. The molecule has 9 heavy (non-hydrogen) atoms. The van der Waals surface area contributed by atoms with Gasteiger partial charge in [-0.15, -0.1) is 17.5 Å². The molecule has 1 heterocycles. The van der Waals surface area contributed by atoms with E-state index in [-0.39, 0.29) is 12.4 Å². The van der Waals surface area contributed by atoms with Crippen molar-refractivity contribution in [1.82, 2.24) is 10.6 Å². The average Bonchev–Trinajstić information content (AvgIpc) is 1.90. The van der Waals surface area contributed by atoms with Gasteiger partial charge >= 0.3 is 0 Å². The van der Waals surface area contributed by atoms with E-state index in [2.05, 4.69) is 15.7 Å². The third-order valence-corrected chi connectivity index (χ3v) is 1.07. The Morgan fingerprint density at radius 1 is 1.33 bits per heavy atom. The molecule has 0 radical (unpaired) electrons. The molecule has 4 nitrogen and oxygen atoms in total. The monoisotopic (exact) mass is 150 g/mol. The first-order chi connectivity index (χ1) is 3.93. The van der Waals surface area contributed by atoms with Crippen LogP contribution in [0.1, 0.15) is 6.42 Å². The summed E-state index contributed by atoms with van der Waals surface area (Å²) in [5, 5.41) is 9.41. The summed E-state index contributed by atoms with van der Waals surface area (Å²) in [6.45, 7) is 1.95. The molecule has 1 fully saturated rings. The minimum Gasteiger partial charge on any atom is -0.355 e. The topological polar surface area (TPSA) is 62.4 Å². The first-order valence-electron chi connectivity index (χ1n) is 2.69. The van der Waals surface area contributed by atoms with Gasteiger partial charge in [-0.05, 0) is 6.42 Å². The van der Waals surface area contributed by atoms with Crippen molar-refractivity contribution in [3.63, 3.8) is 0 Å².